The smallest absolute Gasteiger partial charge is 0.191 e. The largest absolute Gasteiger partial charge is 0.394 e. The maximum atomic E-state index is 8.92. The molecule has 0 amide bonds. The fourth-order valence-corrected chi connectivity index (χ4v) is 2.83. The lowest BCUT2D eigenvalue weighted by molar-refractivity contribution is 0.192. The summed E-state index contributed by atoms with van der Waals surface area (Å²) in [6, 6.07) is 11.0. The molecule has 3 N–H and O–H groups in total. The summed E-state index contributed by atoms with van der Waals surface area (Å²) in [6.45, 7) is 6.59. The Kier molecular flexibility index (Phi) is 10.2. The number of nitrogens with one attached hydrogen (secondary N) is 2. The van der Waals surface area contributed by atoms with Crippen molar-refractivity contribution in [2.24, 2.45) is 4.99 Å². The van der Waals surface area contributed by atoms with E-state index in [1.165, 1.54) is 12.0 Å². The van der Waals surface area contributed by atoms with Crippen LogP contribution in [-0.4, -0.2) is 54.8 Å². The molecule has 0 radical (unpaired) electrons. The molecule has 6 heteroatoms. The Bertz CT molecular complexity index is 455. The average molecular weight is 432 g/mol. The summed E-state index contributed by atoms with van der Waals surface area (Å²) in [5.41, 5.74) is 1.36. The van der Waals surface area contributed by atoms with Gasteiger partial charge in [-0.1, -0.05) is 30.3 Å². The molecule has 1 aromatic rings. The topological polar surface area (TPSA) is 59.9 Å². The molecule has 0 aliphatic carbocycles. The number of aliphatic hydroxyl groups is 1. The van der Waals surface area contributed by atoms with Crippen molar-refractivity contribution in [3.63, 3.8) is 0 Å². The number of benzene rings is 1. The second-order valence-corrected chi connectivity index (χ2v) is 5.69. The van der Waals surface area contributed by atoms with Crippen LogP contribution in [0.15, 0.2) is 35.3 Å². The number of likely N-dealkylation sites (tertiary alicyclic amines) is 1. The van der Waals surface area contributed by atoms with Gasteiger partial charge in [0.25, 0.3) is 0 Å². The van der Waals surface area contributed by atoms with Crippen LogP contribution in [0, 0.1) is 0 Å². The Labute approximate surface area is 156 Å². The number of rotatable bonds is 6. The molecule has 1 aliphatic rings. The van der Waals surface area contributed by atoms with Crippen LogP contribution in [0.1, 0.15) is 25.3 Å². The predicted molar refractivity (Wildman–Crippen MR) is 106 cm³/mol. The number of hydrogen-bond acceptors (Lipinski definition) is 3. The van der Waals surface area contributed by atoms with Crippen molar-refractivity contribution in [2.75, 3.05) is 32.8 Å². The lowest BCUT2D eigenvalue weighted by Gasteiger charge is -2.34. The van der Waals surface area contributed by atoms with Gasteiger partial charge in [0.15, 0.2) is 5.96 Å². The number of piperidine rings is 1. The number of aliphatic hydroxyl groups excluding tert-OH is 1. The van der Waals surface area contributed by atoms with E-state index in [-0.39, 0.29) is 30.6 Å². The van der Waals surface area contributed by atoms with Gasteiger partial charge in [0.1, 0.15) is 0 Å². The van der Waals surface area contributed by atoms with E-state index >= 15 is 0 Å². The second kappa shape index (κ2) is 11.6. The molecular weight excluding hydrogens is 403 g/mol. The fourth-order valence-electron chi connectivity index (χ4n) is 2.83. The summed E-state index contributed by atoms with van der Waals surface area (Å²) in [5, 5.41) is 15.7. The first kappa shape index (κ1) is 20.2. The Morgan fingerprint density at radius 1 is 1.35 bits per heavy atom. The van der Waals surface area contributed by atoms with Gasteiger partial charge < -0.3 is 15.7 Å². The van der Waals surface area contributed by atoms with Gasteiger partial charge in [-0.15, -0.1) is 24.0 Å². The summed E-state index contributed by atoms with van der Waals surface area (Å²) >= 11 is 0. The van der Waals surface area contributed by atoms with Gasteiger partial charge in [-0.05, 0) is 31.9 Å². The molecule has 0 bridgehead atoms. The van der Waals surface area contributed by atoms with Crippen LogP contribution < -0.4 is 10.6 Å². The number of aliphatic imine (C=N–C) groups is 1. The highest BCUT2D eigenvalue weighted by atomic mass is 127. The monoisotopic (exact) mass is 432 g/mol. The average Bonchev–Trinajstić information content (AvgIpc) is 2.54. The maximum absolute atomic E-state index is 8.92. The third-order valence-corrected chi connectivity index (χ3v) is 3.81. The molecule has 1 heterocycles. The minimum Gasteiger partial charge on any atom is -0.394 e. The van der Waals surface area contributed by atoms with Crippen molar-refractivity contribution in [3.8, 4) is 0 Å². The molecule has 5 nitrogen and oxygen atoms in total. The van der Waals surface area contributed by atoms with Crippen molar-refractivity contribution in [1.29, 1.82) is 0 Å². The molecule has 1 aromatic carbocycles. The van der Waals surface area contributed by atoms with Crippen molar-refractivity contribution < 1.29 is 5.11 Å². The van der Waals surface area contributed by atoms with Crippen LogP contribution in [0.5, 0.6) is 0 Å². The van der Waals surface area contributed by atoms with Crippen LogP contribution in [0.25, 0.3) is 0 Å². The van der Waals surface area contributed by atoms with Crippen LogP contribution in [-0.2, 0) is 6.54 Å². The summed E-state index contributed by atoms with van der Waals surface area (Å²) < 4.78 is 0. The standard InChI is InChI=1S/C17H28N4O.HI/c1-2-18-17(19-10-12-22)20-16-9-6-11-21(14-16)13-15-7-4-3-5-8-15;/h3-5,7-8,16,22H,2,6,9-14H2,1H3,(H2,18,19,20);1H. The highest BCUT2D eigenvalue weighted by Crippen LogP contribution is 2.13. The molecule has 130 valence electrons. The molecular formula is C17H29IN4O. The number of nitrogens with zero attached hydrogens (tertiary/aromatic N) is 2. The van der Waals surface area contributed by atoms with E-state index < -0.39 is 0 Å². The maximum Gasteiger partial charge on any atom is 0.191 e. The van der Waals surface area contributed by atoms with Crippen molar-refractivity contribution >= 4 is 29.9 Å². The first-order chi connectivity index (χ1) is 10.8. The summed E-state index contributed by atoms with van der Waals surface area (Å²) in [7, 11) is 0. The van der Waals surface area contributed by atoms with Gasteiger partial charge in [-0.25, -0.2) is 0 Å². The van der Waals surface area contributed by atoms with Crippen LogP contribution in [0.4, 0.5) is 0 Å². The molecule has 1 atom stereocenters. The normalized spacial score (nSPS) is 19.0. The summed E-state index contributed by atoms with van der Waals surface area (Å²) in [6.07, 6.45) is 2.36. The predicted octanol–water partition coefficient (Wildman–Crippen LogP) is 1.82. The van der Waals surface area contributed by atoms with Gasteiger partial charge in [0, 0.05) is 25.7 Å². The summed E-state index contributed by atoms with van der Waals surface area (Å²) in [5.74, 6) is 0.808. The van der Waals surface area contributed by atoms with Gasteiger partial charge in [0.05, 0.1) is 13.2 Å². The molecule has 2 rings (SSSR count). The van der Waals surface area contributed by atoms with Gasteiger partial charge >= 0.3 is 0 Å². The molecule has 1 unspecified atom stereocenters. The van der Waals surface area contributed by atoms with E-state index in [0.717, 1.165) is 38.6 Å². The third-order valence-electron chi connectivity index (χ3n) is 3.81. The molecule has 0 saturated carbocycles. The number of hydrogen-bond donors (Lipinski definition) is 3. The minimum absolute atomic E-state index is 0. The van der Waals surface area contributed by atoms with Gasteiger partial charge in [-0.2, -0.15) is 0 Å². The van der Waals surface area contributed by atoms with E-state index in [4.69, 9.17) is 5.11 Å². The lowest BCUT2D eigenvalue weighted by Crippen LogP contribution is -2.51. The Morgan fingerprint density at radius 2 is 2.13 bits per heavy atom. The Balaban J connectivity index is 0.00000264. The fraction of sp³-hybridized carbons (Fsp3) is 0.588. The van der Waals surface area contributed by atoms with Gasteiger partial charge in [-0.3, -0.25) is 9.89 Å². The number of halogens is 1. The lowest BCUT2D eigenvalue weighted by atomic mass is 10.0. The number of guanidine groups is 1. The van der Waals surface area contributed by atoms with Crippen molar-refractivity contribution in [2.45, 2.75) is 32.4 Å². The highest BCUT2D eigenvalue weighted by Gasteiger charge is 2.20. The molecule has 1 fully saturated rings. The SMILES string of the molecule is CCNC(=NCCO)NC1CCCN(Cc2ccccc2)C1.I. The van der Waals surface area contributed by atoms with E-state index in [0.29, 0.717) is 12.6 Å². The first-order valence-corrected chi connectivity index (χ1v) is 8.23. The highest BCUT2D eigenvalue weighted by molar-refractivity contribution is 14.0. The first-order valence-electron chi connectivity index (χ1n) is 8.23. The van der Waals surface area contributed by atoms with E-state index in [1.807, 2.05) is 0 Å². The summed E-state index contributed by atoms with van der Waals surface area (Å²) in [4.78, 5) is 6.85. The molecule has 1 aliphatic heterocycles. The zero-order valence-electron chi connectivity index (χ0n) is 13.9. The molecule has 23 heavy (non-hydrogen) atoms. The quantitative estimate of drug-likeness (QED) is 0.365. The zero-order valence-corrected chi connectivity index (χ0v) is 16.2. The molecule has 0 aromatic heterocycles. The second-order valence-electron chi connectivity index (χ2n) is 5.69. The van der Waals surface area contributed by atoms with E-state index in [2.05, 4.69) is 57.8 Å². The zero-order chi connectivity index (χ0) is 15.6. The minimum atomic E-state index is 0. The Morgan fingerprint density at radius 3 is 2.83 bits per heavy atom. The van der Waals surface area contributed by atoms with E-state index in [9.17, 15) is 0 Å². The van der Waals surface area contributed by atoms with E-state index in [1.54, 1.807) is 0 Å². The van der Waals surface area contributed by atoms with Crippen molar-refractivity contribution in [3.05, 3.63) is 35.9 Å². The Hall–Kier alpha value is -0.860. The molecule has 1 saturated heterocycles. The van der Waals surface area contributed by atoms with Crippen LogP contribution in [0.3, 0.4) is 0 Å². The van der Waals surface area contributed by atoms with Gasteiger partial charge in [0.2, 0.25) is 0 Å². The van der Waals surface area contributed by atoms with Crippen molar-refractivity contribution in [1.82, 2.24) is 15.5 Å². The van der Waals surface area contributed by atoms with Crippen LogP contribution in [0.2, 0.25) is 0 Å². The molecule has 0 spiro atoms. The third kappa shape index (κ3) is 7.50. The van der Waals surface area contributed by atoms with Crippen LogP contribution >= 0.6 is 24.0 Å².